The van der Waals surface area contributed by atoms with Crippen molar-refractivity contribution in [1.29, 1.82) is 0 Å². The second kappa shape index (κ2) is 6.28. The maximum atomic E-state index is 12.8. The summed E-state index contributed by atoms with van der Waals surface area (Å²) in [5, 5.41) is 4.06. The first kappa shape index (κ1) is 16.3. The summed E-state index contributed by atoms with van der Waals surface area (Å²) in [4.78, 5) is 27.0. The van der Waals surface area contributed by atoms with E-state index < -0.39 is 0 Å². The molecule has 25 heavy (non-hydrogen) atoms. The fraction of sp³-hybridized carbons (Fsp3) is 0.300. The van der Waals surface area contributed by atoms with Gasteiger partial charge in [-0.15, -0.1) is 0 Å². The minimum absolute atomic E-state index is 0.188. The lowest BCUT2D eigenvalue weighted by atomic mass is 9.72. The number of nitrogens with one attached hydrogen (secondary N) is 1. The molecule has 128 valence electrons. The number of hydrogen-bond donors (Lipinski definition) is 1. The molecule has 0 radical (unpaired) electrons. The first-order valence-electron chi connectivity index (χ1n) is 8.53. The molecule has 0 bridgehead atoms. The number of fused-ring (bicyclic) bond motifs is 1. The third-order valence-corrected chi connectivity index (χ3v) is 5.61. The number of nitrogens with zero attached hydrogens (tertiary/aromatic N) is 1. The second-order valence-corrected chi connectivity index (χ2v) is 7.22. The zero-order valence-electron chi connectivity index (χ0n) is 13.8. The maximum Gasteiger partial charge on any atom is 0.261 e. The summed E-state index contributed by atoms with van der Waals surface area (Å²) >= 11 is 6.04. The molecule has 1 fully saturated rings. The van der Waals surface area contributed by atoms with Crippen molar-refractivity contribution in [3.63, 3.8) is 0 Å². The maximum absolute atomic E-state index is 12.8. The van der Waals surface area contributed by atoms with Crippen LogP contribution in [0.1, 0.15) is 39.1 Å². The van der Waals surface area contributed by atoms with Gasteiger partial charge < -0.3 is 5.32 Å². The SMILES string of the molecule is O=C1c2ccccc2C(=O)N1CC1(c2ccc(Cl)cc2)CCNCC1. The van der Waals surface area contributed by atoms with Crippen LogP contribution in [0.2, 0.25) is 5.02 Å². The summed E-state index contributed by atoms with van der Waals surface area (Å²) in [6, 6.07) is 14.9. The Morgan fingerprint density at radius 3 is 2.04 bits per heavy atom. The molecule has 2 aromatic rings. The Morgan fingerprint density at radius 2 is 1.48 bits per heavy atom. The highest BCUT2D eigenvalue weighted by molar-refractivity contribution is 6.30. The van der Waals surface area contributed by atoms with Gasteiger partial charge in [-0.25, -0.2) is 0 Å². The molecule has 5 heteroatoms. The predicted molar refractivity (Wildman–Crippen MR) is 97.0 cm³/mol. The molecule has 1 N–H and O–H groups in total. The van der Waals surface area contributed by atoms with Gasteiger partial charge in [-0.3, -0.25) is 14.5 Å². The van der Waals surface area contributed by atoms with Crippen molar-refractivity contribution < 1.29 is 9.59 Å². The highest BCUT2D eigenvalue weighted by Crippen LogP contribution is 2.37. The Labute approximate surface area is 151 Å². The Balaban J connectivity index is 1.70. The van der Waals surface area contributed by atoms with E-state index in [4.69, 9.17) is 11.6 Å². The monoisotopic (exact) mass is 354 g/mol. The number of hydrogen-bond acceptors (Lipinski definition) is 3. The van der Waals surface area contributed by atoms with Crippen molar-refractivity contribution in [1.82, 2.24) is 10.2 Å². The molecule has 0 aliphatic carbocycles. The lowest BCUT2D eigenvalue weighted by molar-refractivity contribution is 0.0597. The van der Waals surface area contributed by atoms with Crippen molar-refractivity contribution in [2.45, 2.75) is 18.3 Å². The molecular weight excluding hydrogens is 336 g/mol. The Kier molecular flexibility index (Phi) is 4.10. The minimum atomic E-state index is -0.233. The van der Waals surface area contributed by atoms with Crippen LogP contribution >= 0.6 is 11.6 Å². The lowest BCUT2D eigenvalue weighted by Crippen LogP contribution is -2.49. The van der Waals surface area contributed by atoms with Crippen LogP contribution < -0.4 is 5.32 Å². The van der Waals surface area contributed by atoms with Gasteiger partial charge in [0, 0.05) is 17.0 Å². The summed E-state index contributed by atoms with van der Waals surface area (Å²) in [6.07, 6.45) is 1.75. The van der Waals surface area contributed by atoms with Crippen LogP contribution in [0.3, 0.4) is 0 Å². The number of carbonyl (C=O) groups excluding carboxylic acids is 2. The normalized spacial score (nSPS) is 19.2. The van der Waals surface area contributed by atoms with Crippen LogP contribution in [0, 0.1) is 0 Å². The lowest BCUT2D eigenvalue weighted by Gasteiger charge is -2.40. The van der Waals surface area contributed by atoms with Gasteiger partial charge in [0.2, 0.25) is 0 Å². The summed E-state index contributed by atoms with van der Waals surface area (Å²) in [7, 11) is 0. The standard InChI is InChI=1S/C20H19ClN2O2/c21-15-7-5-14(6-8-15)20(9-11-22-12-10-20)13-23-18(24)16-3-1-2-4-17(16)19(23)25/h1-8,22H,9-13H2. The Hall–Kier alpha value is -2.17. The van der Waals surface area contributed by atoms with Crippen LogP contribution in [0.5, 0.6) is 0 Å². The van der Waals surface area contributed by atoms with Gasteiger partial charge in [-0.1, -0.05) is 35.9 Å². The molecule has 0 aromatic heterocycles. The molecule has 0 unspecified atom stereocenters. The third-order valence-electron chi connectivity index (χ3n) is 5.36. The average Bonchev–Trinajstić information content (AvgIpc) is 2.88. The van der Waals surface area contributed by atoms with Gasteiger partial charge in [0.15, 0.2) is 0 Å². The van der Waals surface area contributed by atoms with Crippen LogP contribution in [0.15, 0.2) is 48.5 Å². The van der Waals surface area contributed by atoms with E-state index in [-0.39, 0.29) is 17.2 Å². The van der Waals surface area contributed by atoms with Crippen molar-refractivity contribution in [3.05, 3.63) is 70.2 Å². The van der Waals surface area contributed by atoms with Gasteiger partial charge in [-0.05, 0) is 55.8 Å². The van der Waals surface area contributed by atoms with Gasteiger partial charge in [0.05, 0.1) is 11.1 Å². The number of imide groups is 1. The first-order valence-corrected chi connectivity index (χ1v) is 8.91. The fourth-order valence-electron chi connectivity index (χ4n) is 3.93. The molecule has 2 amide bonds. The molecular formula is C20H19ClN2O2. The van der Waals surface area contributed by atoms with Crippen molar-refractivity contribution >= 4 is 23.4 Å². The van der Waals surface area contributed by atoms with Gasteiger partial charge >= 0.3 is 0 Å². The van der Waals surface area contributed by atoms with E-state index >= 15 is 0 Å². The number of benzene rings is 2. The molecule has 0 atom stereocenters. The molecule has 0 spiro atoms. The molecule has 2 aliphatic rings. The summed E-state index contributed by atoms with van der Waals surface area (Å²) in [5.74, 6) is -0.375. The smallest absolute Gasteiger partial charge is 0.261 e. The minimum Gasteiger partial charge on any atom is -0.317 e. The molecule has 2 aromatic carbocycles. The molecule has 1 saturated heterocycles. The molecule has 2 heterocycles. The van der Waals surface area contributed by atoms with E-state index in [1.54, 1.807) is 24.3 Å². The Bertz CT molecular complexity index is 791. The van der Waals surface area contributed by atoms with E-state index in [0.29, 0.717) is 22.7 Å². The number of carbonyl (C=O) groups is 2. The molecule has 4 nitrogen and oxygen atoms in total. The molecule has 2 aliphatic heterocycles. The van der Waals surface area contributed by atoms with Crippen LogP contribution in [-0.2, 0) is 5.41 Å². The topological polar surface area (TPSA) is 49.4 Å². The van der Waals surface area contributed by atoms with E-state index in [1.165, 1.54) is 4.90 Å². The zero-order chi connectivity index (χ0) is 17.4. The summed E-state index contributed by atoms with van der Waals surface area (Å²) < 4.78 is 0. The van der Waals surface area contributed by atoms with Crippen LogP contribution in [-0.4, -0.2) is 36.3 Å². The van der Waals surface area contributed by atoms with Gasteiger partial charge in [-0.2, -0.15) is 0 Å². The zero-order valence-corrected chi connectivity index (χ0v) is 14.6. The van der Waals surface area contributed by atoms with E-state index in [2.05, 4.69) is 5.32 Å². The largest absolute Gasteiger partial charge is 0.317 e. The van der Waals surface area contributed by atoms with Crippen molar-refractivity contribution in [2.75, 3.05) is 19.6 Å². The van der Waals surface area contributed by atoms with E-state index in [1.807, 2.05) is 24.3 Å². The van der Waals surface area contributed by atoms with E-state index in [9.17, 15) is 9.59 Å². The highest BCUT2D eigenvalue weighted by Gasteiger charge is 2.43. The second-order valence-electron chi connectivity index (χ2n) is 6.78. The van der Waals surface area contributed by atoms with Crippen LogP contribution in [0.4, 0.5) is 0 Å². The van der Waals surface area contributed by atoms with Crippen molar-refractivity contribution in [3.8, 4) is 0 Å². The fourth-order valence-corrected chi connectivity index (χ4v) is 4.06. The quantitative estimate of drug-likeness (QED) is 0.861. The number of piperidine rings is 1. The van der Waals surface area contributed by atoms with E-state index in [0.717, 1.165) is 31.5 Å². The molecule has 0 saturated carbocycles. The van der Waals surface area contributed by atoms with Crippen LogP contribution in [0.25, 0.3) is 0 Å². The predicted octanol–water partition coefficient (Wildman–Crippen LogP) is 3.26. The number of amides is 2. The Morgan fingerprint density at radius 1 is 0.920 bits per heavy atom. The van der Waals surface area contributed by atoms with Gasteiger partial charge in [0.1, 0.15) is 0 Å². The molecule has 4 rings (SSSR count). The van der Waals surface area contributed by atoms with Gasteiger partial charge in [0.25, 0.3) is 11.8 Å². The average molecular weight is 355 g/mol. The highest BCUT2D eigenvalue weighted by atomic mass is 35.5. The van der Waals surface area contributed by atoms with Crippen molar-refractivity contribution in [2.24, 2.45) is 0 Å². The third kappa shape index (κ3) is 2.75. The number of halogens is 1. The summed E-state index contributed by atoms with van der Waals surface area (Å²) in [6.45, 7) is 2.14. The number of rotatable bonds is 3. The first-order chi connectivity index (χ1) is 12.1. The summed E-state index contributed by atoms with van der Waals surface area (Å²) in [5.41, 5.74) is 1.92.